The van der Waals surface area contributed by atoms with Crippen molar-refractivity contribution in [2.45, 2.75) is 57.7 Å². The Balaban J connectivity index is 1.46. The zero-order valence-electron chi connectivity index (χ0n) is 24.8. The fourth-order valence-corrected chi connectivity index (χ4v) is 6.44. The van der Waals surface area contributed by atoms with E-state index in [0.29, 0.717) is 34.0 Å². The highest BCUT2D eigenvalue weighted by atomic mass is 35.5. The van der Waals surface area contributed by atoms with Gasteiger partial charge in [-0.2, -0.15) is 0 Å². The smallest absolute Gasteiger partial charge is 0.182 e. The maximum atomic E-state index is 13.6. The van der Waals surface area contributed by atoms with Gasteiger partial charge in [0, 0.05) is 41.6 Å². The Morgan fingerprint density at radius 1 is 1.00 bits per heavy atom. The van der Waals surface area contributed by atoms with Crippen LogP contribution < -0.4 is 24.6 Å². The number of ketones is 1. The number of fused-ring (bicyclic) bond motifs is 1. The van der Waals surface area contributed by atoms with Gasteiger partial charge in [0.1, 0.15) is 0 Å². The molecule has 0 amide bonds. The van der Waals surface area contributed by atoms with Crippen molar-refractivity contribution in [2.75, 3.05) is 44.1 Å². The van der Waals surface area contributed by atoms with Crippen LogP contribution in [-0.4, -0.2) is 52.2 Å². The van der Waals surface area contributed by atoms with E-state index in [4.69, 9.17) is 21.1 Å². The molecule has 1 unspecified atom stereocenters. The summed E-state index contributed by atoms with van der Waals surface area (Å²) in [5, 5.41) is 4.11. The van der Waals surface area contributed by atoms with Crippen LogP contribution in [0.25, 0.3) is 0 Å². The van der Waals surface area contributed by atoms with E-state index in [1.807, 2.05) is 50.2 Å². The van der Waals surface area contributed by atoms with Gasteiger partial charge in [-0.3, -0.25) is 4.79 Å². The molecule has 7 heteroatoms. The van der Waals surface area contributed by atoms with Gasteiger partial charge in [-0.25, -0.2) is 0 Å². The molecule has 3 aromatic carbocycles. The summed E-state index contributed by atoms with van der Waals surface area (Å²) in [5.41, 5.74) is 4.81. The molecular weight excluding hydrogens is 534 g/mol. The maximum absolute atomic E-state index is 13.6. The number of carbonyl (C=O) groups excluding carboxylic acids is 1. The lowest BCUT2D eigenvalue weighted by Gasteiger charge is -2.39. The zero-order chi connectivity index (χ0) is 29.1. The van der Waals surface area contributed by atoms with Crippen LogP contribution in [0.2, 0.25) is 5.02 Å². The van der Waals surface area contributed by atoms with E-state index in [1.54, 1.807) is 7.11 Å². The standard InChI is InChI=1S/C34H42ClN3O3/c1-22(2)41-33-19-30-29(18-32(33)40-5)31(39)21-38(34(30)24-8-10-25(35)11-9-24)28-16-14-27(15-17-28)37(4)20-23-6-12-26(36-3)13-7-23/h8-11,14-19,22-23,26,34,36H,6-7,12-13,20-21H2,1-5H3. The summed E-state index contributed by atoms with van der Waals surface area (Å²) in [4.78, 5) is 18.1. The van der Waals surface area contributed by atoms with Gasteiger partial charge in [-0.15, -0.1) is 0 Å². The minimum absolute atomic E-state index is 0.0331. The van der Waals surface area contributed by atoms with Crippen molar-refractivity contribution in [3.05, 3.63) is 82.4 Å². The summed E-state index contributed by atoms with van der Waals surface area (Å²) in [6.45, 7) is 5.29. The van der Waals surface area contributed by atoms with Crippen molar-refractivity contribution >= 4 is 28.8 Å². The lowest BCUT2D eigenvalue weighted by Crippen LogP contribution is -2.40. The molecule has 6 nitrogen and oxygen atoms in total. The Morgan fingerprint density at radius 3 is 2.29 bits per heavy atom. The molecule has 218 valence electrons. The van der Waals surface area contributed by atoms with Crippen LogP contribution in [0.15, 0.2) is 60.7 Å². The maximum Gasteiger partial charge on any atom is 0.182 e. The number of nitrogens with one attached hydrogen (secondary N) is 1. The largest absolute Gasteiger partial charge is 0.493 e. The number of hydrogen-bond acceptors (Lipinski definition) is 6. The third-order valence-corrected chi connectivity index (χ3v) is 8.77. The van der Waals surface area contributed by atoms with Crippen molar-refractivity contribution in [3.63, 3.8) is 0 Å². The third kappa shape index (κ3) is 6.49. The number of ether oxygens (including phenoxy) is 2. The second-order valence-electron chi connectivity index (χ2n) is 11.7. The van der Waals surface area contributed by atoms with Crippen molar-refractivity contribution < 1.29 is 14.3 Å². The Morgan fingerprint density at radius 2 is 1.68 bits per heavy atom. The van der Waals surface area contributed by atoms with Crippen LogP contribution >= 0.6 is 11.6 Å². The van der Waals surface area contributed by atoms with Gasteiger partial charge in [-0.05, 0) is 112 Å². The fraction of sp³-hybridized carbons (Fsp3) is 0.441. The molecule has 0 radical (unpaired) electrons. The van der Waals surface area contributed by atoms with Crippen LogP contribution in [0.4, 0.5) is 11.4 Å². The van der Waals surface area contributed by atoms with Crippen molar-refractivity contribution in [1.29, 1.82) is 0 Å². The van der Waals surface area contributed by atoms with E-state index < -0.39 is 0 Å². The second kappa shape index (κ2) is 12.7. The molecule has 41 heavy (non-hydrogen) atoms. The number of halogens is 1. The van der Waals surface area contributed by atoms with E-state index in [0.717, 1.165) is 23.4 Å². The van der Waals surface area contributed by atoms with E-state index in [2.05, 4.69) is 53.5 Å². The van der Waals surface area contributed by atoms with Crippen molar-refractivity contribution in [2.24, 2.45) is 5.92 Å². The first-order chi connectivity index (χ1) is 19.8. The molecule has 3 aromatic rings. The molecule has 1 saturated carbocycles. The average molecular weight is 576 g/mol. The summed E-state index contributed by atoms with van der Waals surface area (Å²) in [7, 11) is 5.86. The lowest BCUT2D eigenvalue weighted by atomic mass is 9.85. The van der Waals surface area contributed by atoms with Gasteiger partial charge in [-0.1, -0.05) is 23.7 Å². The fourth-order valence-electron chi connectivity index (χ4n) is 6.32. The molecule has 1 aliphatic carbocycles. The van der Waals surface area contributed by atoms with E-state index in [1.165, 1.54) is 31.4 Å². The minimum Gasteiger partial charge on any atom is -0.493 e. The molecular formula is C34H42ClN3O3. The summed E-state index contributed by atoms with van der Waals surface area (Å²) < 4.78 is 11.7. The minimum atomic E-state index is -0.189. The number of methoxy groups -OCH3 is 1. The highest BCUT2D eigenvalue weighted by Gasteiger charge is 2.35. The van der Waals surface area contributed by atoms with E-state index in [9.17, 15) is 4.79 Å². The highest BCUT2D eigenvalue weighted by molar-refractivity contribution is 6.30. The predicted molar refractivity (Wildman–Crippen MR) is 168 cm³/mol. The van der Waals surface area contributed by atoms with Gasteiger partial charge in [0.2, 0.25) is 0 Å². The number of anilines is 2. The molecule has 1 N–H and O–H groups in total. The molecule has 0 spiro atoms. The second-order valence-corrected chi connectivity index (χ2v) is 12.1. The molecule has 1 heterocycles. The number of benzene rings is 3. The highest BCUT2D eigenvalue weighted by Crippen LogP contribution is 2.43. The molecule has 1 atom stereocenters. The first-order valence-corrected chi connectivity index (χ1v) is 15.1. The monoisotopic (exact) mass is 575 g/mol. The molecule has 0 bridgehead atoms. The number of rotatable bonds is 9. The summed E-state index contributed by atoms with van der Waals surface area (Å²) in [6.07, 6.45) is 4.99. The normalized spacial score (nSPS) is 20.6. The molecule has 5 rings (SSSR count). The third-order valence-electron chi connectivity index (χ3n) is 8.51. The van der Waals surface area contributed by atoms with Crippen molar-refractivity contribution in [1.82, 2.24) is 5.32 Å². The van der Waals surface area contributed by atoms with Crippen LogP contribution in [0.3, 0.4) is 0 Å². The number of nitrogens with zero attached hydrogens (tertiary/aromatic N) is 2. The molecule has 0 aromatic heterocycles. The van der Waals surface area contributed by atoms with Crippen LogP contribution in [0, 0.1) is 5.92 Å². The number of carbonyl (C=O) groups is 1. The van der Waals surface area contributed by atoms with Crippen LogP contribution in [-0.2, 0) is 0 Å². The Kier molecular flexibility index (Phi) is 9.10. The summed E-state index contributed by atoms with van der Waals surface area (Å²) in [6, 6.07) is 20.8. The van der Waals surface area contributed by atoms with Crippen molar-refractivity contribution in [3.8, 4) is 11.5 Å². The SMILES string of the molecule is CNC1CCC(CN(C)c2ccc(N3CC(=O)c4cc(OC)c(OC(C)C)cc4C3c3ccc(Cl)cc3)cc2)CC1. The Labute approximate surface area is 249 Å². The van der Waals surface area contributed by atoms with Gasteiger partial charge in [0.05, 0.1) is 25.8 Å². The first-order valence-electron chi connectivity index (χ1n) is 14.7. The molecule has 1 aliphatic heterocycles. The summed E-state index contributed by atoms with van der Waals surface area (Å²) >= 11 is 6.27. The molecule has 1 fully saturated rings. The average Bonchev–Trinajstić information content (AvgIpc) is 2.97. The van der Waals surface area contributed by atoms with Crippen LogP contribution in [0.5, 0.6) is 11.5 Å². The Bertz CT molecular complexity index is 1330. The summed E-state index contributed by atoms with van der Waals surface area (Å²) in [5.74, 6) is 1.98. The molecule has 0 saturated heterocycles. The van der Waals surface area contributed by atoms with Crippen LogP contribution in [0.1, 0.15) is 67.1 Å². The Hall–Kier alpha value is -3.22. The zero-order valence-corrected chi connectivity index (χ0v) is 25.6. The van der Waals surface area contributed by atoms with E-state index >= 15 is 0 Å². The van der Waals surface area contributed by atoms with Gasteiger partial charge >= 0.3 is 0 Å². The molecule has 2 aliphatic rings. The quantitative estimate of drug-likeness (QED) is 0.293. The number of hydrogen-bond donors (Lipinski definition) is 1. The van der Waals surface area contributed by atoms with Gasteiger partial charge < -0.3 is 24.6 Å². The number of Topliss-reactive ketones (excluding diaryl/α,β-unsaturated/α-hetero) is 1. The predicted octanol–water partition coefficient (Wildman–Crippen LogP) is 7.14. The first kappa shape index (κ1) is 29.3. The van der Waals surface area contributed by atoms with E-state index in [-0.39, 0.29) is 24.5 Å². The van der Waals surface area contributed by atoms with Gasteiger partial charge in [0.25, 0.3) is 0 Å². The topological polar surface area (TPSA) is 54.0 Å². The van der Waals surface area contributed by atoms with Gasteiger partial charge in [0.15, 0.2) is 17.3 Å². The lowest BCUT2D eigenvalue weighted by molar-refractivity contribution is 0.0989.